The van der Waals surface area contributed by atoms with Gasteiger partial charge in [-0.25, -0.2) is 4.79 Å². The molecule has 6 heteroatoms. The summed E-state index contributed by atoms with van der Waals surface area (Å²) in [5, 5.41) is 18.1. The fraction of sp³-hybridized carbons (Fsp3) is 0.692. The van der Waals surface area contributed by atoms with Crippen LogP contribution in [0.5, 0.6) is 0 Å². The van der Waals surface area contributed by atoms with E-state index in [4.69, 9.17) is 14.6 Å². The first-order chi connectivity index (χ1) is 8.92. The summed E-state index contributed by atoms with van der Waals surface area (Å²) < 4.78 is 10.5. The topological polar surface area (TPSA) is 93.1 Å². The predicted molar refractivity (Wildman–Crippen MR) is 69.1 cm³/mol. The zero-order valence-electron chi connectivity index (χ0n) is 11.8. The Hall–Kier alpha value is -1.40. The highest BCUT2D eigenvalue weighted by Crippen LogP contribution is 2.25. The van der Waals surface area contributed by atoms with Gasteiger partial charge < -0.3 is 19.7 Å². The van der Waals surface area contributed by atoms with E-state index >= 15 is 0 Å². The molecule has 0 aliphatic heterocycles. The summed E-state index contributed by atoms with van der Waals surface area (Å²) in [6, 6.07) is 0. The Labute approximate surface area is 113 Å². The fourth-order valence-corrected chi connectivity index (χ4v) is 2.08. The van der Waals surface area contributed by atoms with Gasteiger partial charge in [-0.2, -0.15) is 0 Å². The molecular formula is C13H22O6. The van der Waals surface area contributed by atoms with Crippen molar-refractivity contribution in [1.29, 1.82) is 0 Å². The Balaban J connectivity index is 5.82. The number of ether oxygens (including phenoxy) is 2. The molecule has 2 atom stereocenters. The van der Waals surface area contributed by atoms with Gasteiger partial charge in [0, 0.05) is 14.2 Å². The molecule has 0 aromatic carbocycles. The summed E-state index contributed by atoms with van der Waals surface area (Å²) in [4.78, 5) is 22.2. The van der Waals surface area contributed by atoms with E-state index in [2.05, 4.69) is 0 Å². The maximum absolute atomic E-state index is 11.3. The average molecular weight is 274 g/mol. The quantitative estimate of drug-likeness (QED) is 0.621. The van der Waals surface area contributed by atoms with Gasteiger partial charge in [-0.05, 0) is 18.4 Å². The van der Waals surface area contributed by atoms with Crippen LogP contribution in [0.2, 0.25) is 0 Å². The summed E-state index contributed by atoms with van der Waals surface area (Å²) >= 11 is 0. The summed E-state index contributed by atoms with van der Waals surface area (Å²) in [5.74, 6) is -2.43. The van der Waals surface area contributed by atoms with Gasteiger partial charge in [0.05, 0.1) is 24.2 Å². The minimum absolute atomic E-state index is 0.157. The zero-order chi connectivity index (χ0) is 15.0. The number of carboxylic acid groups (broad SMARTS) is 2. The molecule has 2 unspecified atom stereocenters. The lowest BCUT2D eigenvalue weighted by Gasteiger charge is -2.26. The molecule has 6 nitrogen and oxygen atoms in total. The van der Waals surface area contributed by atoms with Gasteiger partial charge in [-0.1, -0.05) is 13.8 Å². The van der Waals surface area contributed by atoms with Crippen LogP contribution in [0.15, 0.2) is 11.1 Å². The second-order valence-corrected chi connectivity index (χ2v) is 4.07. The molecule has 19 heavy (non-hydrogen) atoms. The van der Waals surface area contributed by atoms with Gasteiger partial charge in [0.15, 0.2) is 0 Å². The van der Waals surface area contributed by atoms with Crippen molar-refractivity contribution in [2.24, 2.45) is 0 Å². The number of rotatable bonds is 9. The van der Waals surface area contributed by atoms with E-state index in [1.165, 1.54) is 14.2 Å². The van der Waals surface area contributed by atoms with Crippen molar-refractivity contribution in [3.05, 3.63) is 11.1 Å². The highest BCUT2D eigenvalue weighted by atomic mass is 16.5. The Bertz CT molecular complexity index is 325. The van der Waals surface area contributed by atoms with E-state index in [1.807, 2.05) is 13.8 Å². The summed E-state index contributed by atoms with van der Waals surface area (Å²) in [5.41, 5.74) is 0.250. The molecule has 0 spiro atoms. The van der Waals surface area contributed by atoms with Gasteiger partial charge >= 0.3 is 11.9 Å². The first kappa shape index (κ1) is 17.6. The van der Waals surface area contributed by atoms with Crippen molar-refractivity contribution >= 4 is 11.9 Å². The molecule has 0 fully saturated rings. The number of hydrogen-bond acceptors (Lipinski definition) is 4. The largest absolute Gasteiger partial charge is 0.481 e. The van der Waals surface area contributed by atoms with Crippen molar-refractivity contribution in [3.8, 4) is 0 Å². The van der Waals surface area contributed by atoms with Crippen LogP contribution >= 0.6 is 0 Å². The van der Waals surface area contributed by atoms with E-state index in [9.17, 15) is 14.7 Å². The molecule has 0 amide bonds. The SMILES string of the molecule is CCC(OC)C(=C(CC(=O)O)C(=O)O)C(CC)OC. The Morgan fingerprint density at radius 2 is 1.42 bits per heavy atom. The fourth-order valence-electron chi connectivity index (χ4n) is 2.08. The van der Waals surface area contributed by atoms with Gasteiger partial charge in [-0.15, -0.1) is 0 Å². The van der Waals surface area contributed by atoms with E-state index < -0.39 is 30.6 Å². The average Bonchev–Trinajstić information content (AvgIpc) is 2.36. The lowest BCUT2D eigenvalue weighted by atomic mass is 9.92. The maximum Gasteiger partial charge on any atom is 0.332 e. The minimum Gasteiger partial charge on any atom is -0.481 e. The minimum atomic E-state index is -1.25. The summed E-state index contributed by atoms with van der Waals surface area (Å²) in [6.07, 6.45) is -0.389. The van der Waals surface area contributed by atoms with E-state index in [-0.39, 0.29) is 5.57 Å². The van der Waals surface area contributed by atoms with Crippen molar-refractivity contribution in [3.63, 3.8) is 0 Å². The van der Waals surface area contributed by atoms with Crippen molar-refractivity contribution < 1.29 is 29.3 Å². The molecular weight excluding hydrogens is 252 g/mol. The van der Waals surface area contributed by atoms with Crippen LogP contribution < -0.4 is 0 Å². The third-order valence-electron chi connectivity index (χ3n) is 2.94. The Morgan fingerprint density at radius 3 is 1.63 bits per heavy atom. The van der Waals surface area contributed by atoms with Crippen LogP contribution in [0.25, 0.3) is 0 Å². The molecule has 110 valence electrons. The van der Waals surface area contributed by atoms with Crippen molar-refractivity contribution in [2.75, 3.05) is 14.2 Å². The molecule has 0 aliphatic carbocycles. The third kappa shape index (κ3) is 5.00. The molecule has 0 radical (unpaired) electrons. The highest BCUT2D eigenvalue weighted by Gasteiger charge is 2.28. The monoisotopic (exact) mass is 274 g/mol. The molecule has 0 aliphatic rings. The molecule has 0 aromatic heterocycles. The molecule has 0 bridgehead atoms. The predicted octanol–water partition coefficient (Wildman–Crippen LogP) is 1.69. The van der Waals surface area contributed by atoms with Crippen LogP contribution in [0.4, 0.5) is 0 Å². The molecule has 0 heterocycles. The van der Waals surface area contributed by atoms with Gasteiger partial charge in [-0.3, -0.25) is 4.79 Å². The van der Waals surface area contributed by atoms with Crippen LogP contribution in [-0.4, -0.2) is 48.6 Å². The second-order valence-electron chi connectivity index (χ2n) is 4.07. The van der Waals surface area contributed by atoms with Crippen molar-refractivity contribution in [1.82, 2.24) is 0 Å². The first-order valence-corrected chi connectivity index (χ1v) is 6.16. The Morgan fingerprint density at radius 1 is 1.00 bits per heavy atom. The maximum atomic E-state index is 11.3. The standard InChI is InChI=1S/C13H22O6/c1-5-9(18-3)12(10(6-2)19-4)8(13(16)17)7-11(14)15/h9-10H,5-7H2,1-4H3,(H,14,15)(H,16,17). The highest BCUT2D eigenvalue weighted by molar-refractivity contribution is 5.93. The van der Waals surface area contributed by atoms with Gasteiger partial charge in [0.25, 0.3) is 0 Å². The first-order valence-electron chi connectivity index (χ1n) is 6.16. The van der Waals surface area contributed by atoms with E-state index in [0.717, 1.165) is 0 Å². The van der Waals surface area contributed by atoms with Crippen LogP contribution in [-0.2, 0) is 19.1 Å². The molecule has 0 saturated heterocycles. The molecule has 2 N–H and O–H groups in total. The Kier molecular flexibility index (Phi) is 8.02. The molecule has 0 saturated carbocycles. The number of methoxy groups -OCH3 is 2. The smallest absolute Gasteiger partial charge is 0.332 e. The number of carbonyl (C=O) groups is 2. The third-order valence-corrected chi connectivity index (χ3v) is 2.94. The van der Waals surface area contributed by atoms with E-state index in [1.54, 1.807) is 0 Å². The van der Waals surface area contributed by atoms with Gasteiger partial charge in [0.1, 0.15) is 0 Å². The molecule has 0 aromatic rings. The van der Waals surface area contributed by atoms with Crippen molar-refractivity contribution in [2.45, 2.75) is 45.3 Å². The summed E-state index contributed by atoms with van der Waals surface area (Å²) in [7, 11) is 2.94. The number of aliphatic carboxylic acids is 2. The van der Waals surface area contributed by atoms with Crippen LogP contribution in [0.1, 0.15) is 33.1 Å². The van der Waals surface area contributed by atoms with Crippen LogP contribution in [0.3, 0.4) is 0 Å². The second kappa shape index (κ2) is 8.66. The van der Waals surface area contributed by atoms with E-state index in [0.29, 0.717) is 18.4 Å². The number of carboxylic acids is 2. The summed E-state index contributed by atoms with van der Waals surface area (Å²) in [6.45, 7) is 3.69. The number of hydrogen-bond donors (Lipinski definition) is 2. The van der Waals surface area contributed by atoms with Gasteiger partial charge in [0.2, 0.25) is 0 Å². The zero-order valence-corrected chi connectivity index (χ0v) is 11.8. The normalized spacial score (nSPS) is 13.7. The molecule has 0 rings (SSSR count). The van der Waals surface area contributed by atoms with Crippen LogP contribution in [0, 0.1) is 0 Å². The lowest BCUT2D eigenvalue weighted by Crippen LogP contribution is -2.29. The lowest BCUT2D eigenvalue weighted by molar-refractivity contribution is -0.139.